The minimum absolute atomic E-state index is 0.0571. The second-order valence-electron chi connectivity index (χ2n) is 10.1. The van der Waals surface area contributed by atoms with Gasteiger partial charge in [-0.3, -0.25) is 0 Å². The van der Waals surface area contributed by atoms with Crippen LogP contribution >= 0.6 is 0 Å². The Morgan fingerprint density at radius 2 is 1.20 bits per heavy atom. The molecule has 40 heavy (non-hydrogen) atoms. The van der Waals surface area contributed by atoms with E-state index in [-0.39, 0.29) is 24.4 Å². The van der Waals surface area contributed by atoms with Crippen LogP contribution in [-0.2, 0) is 38.3 Å². The van der Waals surface area contributed by atoms with Gasteiger partial charge < -0.3 is 19.7 Å². The standard InChI is InChI=1S/C34H40O6/c1-4-5-6-7-26-8-10-27(11-9-26)12-13-28-14-15-30-19-31(17-16-29(30)18-28)32(22-39-33(37)24(2)20-35)23-40-34(38)25(3)21-36/h8-11,14-19,32,35-36H,2-7,12-13,20-23H2,1H3. The first-order chi connectivity index (χ1) is 19.3. The molecule has 0 fully saturated rings. The Kier molecular flexibility index (Phi) is 12.1. The monoisotopic (exact) mass is 544 g/mol. The zero-order chi connectivity index (χ0) is 28.9. The SMILES string of the molecule is C=C(CO)C(=O)OCC(COC(=O)C(=C)CO)c1ccc2cc(CCc3ccc(CCCCC)cc3)ccc2c1. The molecule has 3 aromatic rings. The summed E-state index contributed by atoms with van der Waals surface area (Å²) in [6, 6.07) is 21.3. The van der Waals surface area contributed by atoms with E-state index in [4.69, 9.17) is 19.7 Å². The lowest BCUT2D eigenvalue weighted by molar-refractivity contribution is -0.142. The van der Waals surface area contributed by atoms with E-state index in [0.29, 0.717) is 0 Å². The van der Waals surface area contributed by atoms with Crippen LogP contribution in [-0.4, -0.2) is 48.6 Å². The summed E-state index contributed by atoms with van der Waals surface area (Å²) in [7, 11) is 0. The van der Waals surface area contributed by atoms with Crippen molar-refractivity contribution in [1.29, 1.82) is 0 Å². The van der Waals surface area contributed by atoms with Crippen LogP contribution in [0.5, 0.6) is 0 Å². The average molecular weight is 545 g/mol. The summed E-state index contributed by atoms with van der Waals surface area (Å²) in [6.07, 6.45) is 6.79. The van der Waals surface area contributed by atoms with Crippen molar-refractivity contribution in [2.75, 3.05) is 26.4 Å². The Bertz CT molecular complexity index is 1280. The van der Waals surface area contributed by atoms with Crippen LogP contribution in [0.2, 0.25) is 0 Å². The number of esters is 2. The van der Waals surface area contributed by atoms with E-state index in [2.05, 4.69) is 62.5 Å². The van der Waals surface area contributed by atoms with Crippen LogP contribution in [0.15, 0.2) is 85.0 Å². The zero-order valence-electron chi connectivity index (χ0n) is 23.4. The molecule has 0 bridgehead atoms. The molecule has 2 N–H and O–H groups in total. The molecule has 0 amide bonds. The summed E-state index contributed by atoms with van der Waals surface area (Å²) in [5.41, 5.74) is 4.69. The largest absolute Gasteiger partial charge is 0.461 e. The van der Waals surface area contributed by atoms with E-state index >= 15 is 0 Å². The summed E-state index contributed by atoms with van der Waals surface area (Å²) in [5.74, 6) is -1.88. The summed E-state index contributed by atoms with van der Waals surface area (Å²) < 4.78 is 10.6. The van der Waals surface area contributed by atoms with Gasteiger partial charge in [-0.2, -0.15) is 0 Å². The maximum absolute atomic E-state index is 12.0. The van der Waals surface area contributed by atoms with Crippen molar-refractivity contribution in [2.45, 2.75) is 51.4 Å². The van der Waals surface area contributed by atoms with Crippen molar-refractivity contribution >= 4 is 22.7 Å². The van der Waals surface area contributed by atoms with E-state index in [0.717, 1.165) is 35.6 Å². The number of rotatable bonds is 16. The van der Waals surface area contributed by atoms with Gasteiger partial charge in [-0.05, 0) is 58.7 Å². The maximum Gasteiger partial charge on any atom is 0.335 e. The molecule has 0 aromatic heterocycles. The molecule has 3 rings (SSSR count). The molecule has 0 aliphatic heterocycles. The zero-order valence-corrected chi connectivity index (χ0v) is 23.4. The number of ether oxygens (including phenoxy) is 2. The number of benzene rings is 3. The number of carbonyl (C=O) groups excluding carboxylic acids is 2. The molecule has 3 aromatic carbocycles. The molecule has 212 valence electrons. The van der Waals surface area contributed by atoms with Crippen LogP contribution in [0.4, 0.5) is 0 Å². The molecule has 0 heterocycles. The molecular formula is C34H40O6. The Labute approximate surface area is 236 Å². The normalized spacial score (nSPS) is 11.0. The topological polar surface area (TPSA) is 93.1 Å². The predicted octanol–water partition coefficient (Wildman–Crippen LogP) is 5.62. The van der Waals surface area contributed by atoms with Gasteiger partial charge >= 0.3 is 11.9 Å². The molecule has 0 aliphatic carbocycles. The lowest BCUT2D eigenvalue weighted by Gasteiger charge is -2.19. The predicted molar refractivity (Wildman–Crippen MR) is 158 cm³/mol. The Morgan fingerprint density at radius 1 is 0.700 bits per heavy atom. The van der Waals surface area contributed by atoms with Crippen molar-refractivity contribution < 1.29 is 29.3 Å². The van der Waals surface area contributed by atoms with E-state index in [1.165, 1.54) is 36.0 Å². The summed E-state index contributed by atoms with van der Waals surface area (Å²) >= 11 is 0. The van der Waals surface area contributed by atoms with Gasteiger partial charge in [-0.15, -0.1) is 0 Å². The number of fused-ring (bicyclic) bond motifs is 1. The van der Waals surface area contributed by atoms with Crippen molar-refractivity contribution in [3.05, 3.63) is 107 Å². The number of aliphatic hydroxyl groups is 2. The van der Waals surface area contributed by atoms with Crippen molar-refractivity contribution in [2.24, 2.45) is 0 Å². The van der Waals surface area contributed by atoms with Gasteiger partial charge in [-0.25, -0.2) is 9.59 Å². The maximum atomic E-state index is 12.0. The third-order valence-electron chi connectivity index (χ3n) is 6.98. The molecule has 0 radical (unpaired) electrons. The molecule has 6 nitrogen and oxygen atoms in total. The third-order valence-corrected chi connectivity index (χ3v) is 6.98. The molecule has 0 unspecified atom stereocenters. The molecule has 0 saturated heterocycles. The van der Waals surface area contributed by atoms with Gasteiger partial charge in [0.15, 0.2) is 0 Å². The van der Waals surface area contributed by atoms with Gasteiger partial charge in [0, 0.05) is 0 Å². The highest BCUT2D eigenvalue weighted by atomic mass is 16.5. The van der Waals surface area contributed by atoms with Crippen LogP contribution in [0.3, 0.4) is 0 Å². The molecule has 0 aliphatic rings. The third kappa shape index (κ3) is 9.18. The minimum Gasteiger partial charge on any atom is -0.461 e. The quantitative estimate of drug-likeness (QED) is 0.138. The first-order valence-electron chi connectivity index (χ1n) is 13.9. The second-order valence-corrected chi connectivity index (χ2v) is 10.1. The molecule has 0 spiro atoms. The molecule has 6 heteroatoms. The van der Waals surface area contributed by atoms with Crippen molar-refractivity contribution in [3.8, 4) is 0 Å². The van der Waals surface area contributed by atoms with E-state index in [1.54, 1.807) is 0 Å². The highest BCUT2D eigenvalue weighted by molar-refractivity contribution is 5.88. The van der Waals surface area contributed by atoms with Gasteiger partial charge in [-0.1, -0.05) is 93.6 Å². The summed E-state index contributed by atoms with van der Waals surface area (Å²) in [5, 5.41) is 20.4. The van der Waals surface area contributed by atoms with E-state index < -0.39 is 31.1 Å². The molecule has 0 atom stereocenters. The summed E-state index contributed by atoms with van der Waals surface area (Å²) in [4.78, 5) is 24.1. The number of aliphatic hydroxyl groups excluding tert-OH is 2. The van der Waals surface area contributed by atoms with Gasteiger partial charge in [0.1, 0.15) is 13.2 Å². The molecular weight excluding hydrogens is 504 g/mol. The summed E-state index contributed by atoms with van der Waals surface area (Å²) in [6.45, 7) is 8.04. The number of hydrogen-bond donors (Lipinski definition) is 2. The first kappa shape index (κ1) is 30.8. The van der Waals surface area contributed by atoms with Crippen LogP contribution in [0.1, 0.15) is 54.4 Å². The fourth-order valence-corrected chi connectivity index (χ4v) is 4.39. The van der Waals surface area contributed by atoms with Crippen LogP contribution in [0.25, 0.3) is 10.8 Å². The van der Waals surface area contributed by atoms with E-state index in [9.17, 15) is 9.59 Å². The second kappa shape index (κ2) is 15.8. The molecule has 0 saturated carbocycles. The minimum atomic E-state index is -0.713. The Balaban J connectivity index is 1.68. The first-order valence-corrected chi connectivity index (χ1v) is 13.9. The number of hydrogen-bond acceptors (Lipinski definition) is 6. The number of aryl methyl sites for hydroxylation is 3. The van der Waals surface area contributed by atoms with Crippen LogP contribution < -0.4 is 0 Å². The Hall–Kier alpha value is -3.74. The van der Waals surface area contributed by atoms with Crippen LogP contribution in [0, 0.1) is 0 Å². The highest BCUT2D eigenvalue weighted by Gasteiger charge is 2.19. The van der Waals surface area contributed by atoms with Gasteiger partial charge in [0.05, 0.1) is 30.3 Å². The fraction of sp³-hybridized carbons (Fsp3) is 0.353. The van der Waals surface area contributed by atoms with Gasteiger partial charge in [0.2, 0.25) is 0 Å². The highest BCUT2D eigenvalue weighted by Crippen LogP contribution is 2.25. The lowest BCUT2D eigenvalue weighted by atomic mass is 9.95. The van der Waals surface area contributed by atoms with Crippen molar-refractivity contribution in [3.63, 3.8) is 0 Å². The Morgan fingerprint density at radius 3 is 1.77 bits per heavy atom. The van der Waals surface area contributed by atoms with Crippen molar-refractivity contribution in [1.82, 2.24) is 0 Å². The number of carbonyl (C=O) groups is 2. The lowest BCUT2D eigenvalue weighted by Crippen LogP contribution is -2.21. The smallest absolute Gasteiger partial charge is 0.335 e. The number of unbranched alkanes of at least 4 members (excludes halogenated alkanes) is 2. The fourth-order valence-electron chi connectivity index (χ4n) is 4.39. The van der Waals surface area contributed by atoms with E-state index in [1.807, 2.05) is 18.2 Å². The van der Waals surface area contributed by atoms with Gasteiger partial charge in [0.25, 0.3) is 0 Å². The average Bonchev–Trinajstić information content (AvgIpc) is 2.99.